The zero-order valence-electron chi connectivity index (χ0n) is 6.29. The summed E-state index contributed by atoms with van der Waals surface area (Å²) in [6, 6.07) is -0.249. The Labute approximate surface area is 65.2 Å². The van der Waals surface area contributed by atoms with Gasteiger partial charge < -0.3 is 15.5 Å². The van der Waals surface area contributed by atoms with E-state index >= 15 is 0 Å². The molecule has 4 nitrogen and oxygen atoms in total. The fourth-order valence-corrected chi connectivity index (χ4v) is 1.44. The van der Waals surface area contributed by atoms with Gasteiger partial charge >= 0.3 is 6.09 Å². The Kier molecular flexibility index (Phi) is 2.70. The third-order valence-electron chi connectivity index (χ3n) is 2.04. The molecule has 1 aliphatic rings. The predicted octanol–water partition coefficient (Wildman–Crippen LogP) is 0.557. The van der Waals surface area contributed by atoms with Crippen molar-refractivity contribution in [1.82, 2.24) is 5.32 Å². The zero-order chi connectivity index (χ0) is 8.27. The molecule has 2 atom stereocenters. The SMILES string of the molecule is O=C(O)N[C@@H]1CCCC[C@H]1O. The average molecular weight is 159 g/mol. The highest BCUT2D eigenvalue weighted by molar-refractivity contribution is 5.64. The Morgan fingerprint density at radius 2 is 2.00 bits per heavy atom. The Morgan fingerprint density at radius 1 is 1.36 bits per heavy atom. The van der Waals surface area contributed by atoms with Crippen LogP contribution in [0.5, 0.6) is 0 Å². The summed E-state index contributed by atoms with van der Waals surface area (Å²) in [5.41, 5.74) is 0. The lowest BCUT2D eigenvalue weighted by atomic mass is 9.93. The second kappa shape index (κ2) is 3.57. The molecule has 0 heterocycles. The maximum absolute atomic E-state index is 10.2. The van der Waals surface area contributed by atoms with Crippen LogP contribution in [0.15, 0.2) is 0 Å². The van der Waals surface area contributed by atoms with E-state index in [1.165, 1.54) is 0 Å². The Balaban J connectivity index is 2.35. The van der Waals surface area contributed by atoms with E-state index in [9.17, 15) is 9.90 Å². The number of nitrogens with one attached hydrogen (secondary N) is 1. The smallest absolute Gasteiger partial charge is 0.404 e. The summed E-state index contributed by atoms with van der Waals surface area (Å²) in [4.78, 5) is 10.2. The van der Waals surface area contributed by atoms with Crippen LogP contribution in [0.3, 0.4) is 0 Å². The van der Waals surface area contributed by atoms with E-state index in [0.717, 1.165) is 19.3 Å². The fourth-order valence-electron chi connectivity index (χ4n) is 1.44. The average Bonchev–Trinajstić information content (AvgIpc) is 1.93. The van der Waals surface area contributed by atoms with Crippen molar-refractivity contribution in [3.8, 4) is 0 Å². The van der Waals surface area contributed by atoms with Crippen LogP contribution in [-0.2, 0) is 0 Å². The molecule has 3 N–H and O–H groups in total. The van der Waals surface area contributed by atoms with Crippen LogP contribution in [0.4, 0.5) is 4.79 Å². The van der Waals surface area contributed by atoms with Gasteiger partial charge in [0.25, 0.3) is 0 Å². The summed E-state index contributed by atoms with van der Waals surface area (Å²) < 4.78 is 0. The van der Waals surface area contributed by atoms with Gasteiger partial charge in [0.1, 0.15) is 0 Å². The molecule has 1 saturated carbocycles. The van der Waals surface area contributed by atoms with Crippen LogP contribution >= 0.6 is 0 Å². The minimum Gasteiger partial charge on any atom is -0.465 e. The van der Waals surface area contributed by atoms with Crippen LogP contribution in [0.2, 0.25) is 0 Å². The summed E-state index contributed by atoms with van der Waals surface area (Å²) in [6.45, 7) is 0. The van der Waals surface area contributed by atoms with Crippen molar-refractivity contribution in [2.45, 2.75) is 37.8 Å². The Hall–Kier alpha value is -0.770. The van der Waals surface area contributed by atoms with Gasteiger partial charge in [-0.1, -0.05) is 12.8 Å². The standard InChI is InChI=1S/C7H13NO3/c9-6-4-2-1-3-5(6)8-7(10)11/h5-6,8-9H,1-4H2,(H,10,11)/t5-,6-/m1/s1. The first kappa shape index (κ1) is 8.33. The Morgan fingerprint density at radius 3 is 2.55 bits per heavy atom. The first-order valence-electron chi connectivity index (χ1n) is 3.87. The molecule has 0 spiro atoms. The van der Waals surface area contributed by atoms with E-state index < -0.39 is 12.2 Å². The van der Waals surface area contributed by atoms with Crippen molar-refractivity contribution in [3.05, 3.63) is 0 Å². The number of carbonyl (C=O) groups is 1. The number of amides is 1. The molecular formula is C7H13NO3. The highest BCUT2D eigenvalue weighted by Gasteiger charge is 2.23. The van der Waals surface area contributed by atoms with Gasteiger partial charge in [0.2, 0.25) is 0 Å². The third kappa shape index (κ3) is 2.38. The van der Waals surface area contributed by atoms with Crippen molar-refractivity contribution in [2.24, 2.45) is 0 Å². The molecule has 0 aromatic rings. The van der Waals surface area contributed by atoms with Gasteiger partial charge in [-0.25, -0.2) is 4.79 Å². The summed E-state index contributed by atoms with van der Waals surface area (Å²) in [6.07, 6.45) is 1.94. The second-order valence-electron chi connectivity index (χ2n) is 2.91. The maximum atomic E-state index is 10.2. The molecule has 0 aliphatic heterocycles. The first-order valence-corrected chi connectivity index (χ1v) is 3.87. The molecule has 1 fully saturated rings. The Bertz CT molecular complexity index is 149. The van der Waals surface area contributed by atoms with Gasteiger partial charge in [-0.05, 0) is 12.8 Å². The highest BCUT2D eigenvalue weighted by atomic mass is 16.4. The molecule has 0 aromatic heterocycles. The molecule has 0 bridgehead atoms. The third-order valence-corrected chi connectivity index (χ3v) is 2.04. The molecule has 64 valence electrons. The van der Waals surface area contributed by atoms with E-state index in [0.29, 0.717) is 6.42 Å². The molecule has 1 aliphatic carbocycles. The van der Waals surface area contributed by atoms with E-state index in [4.69, 9.17) is 5.11 Å². The van der Waals surface area contributed by atoms with Crippen molar-refractivity contribution in [1.29, 1.82) is 0 Å². The predicted molar refractivity (Wildman–Crippen MR) is 39.4 cm³/mol. The topological polar surface area (TPSA) is 69.6 Å². The van der Waals surface area contributed by atoms with Crippen LogP contribution < -0.4 is 5.32 Å². The zero-order valence-corrected chi connectivity index (χ0v) is 6.29. The summed E-state index contributed by atoms with van der Waals surface area (Å²) in [7, 11) is 0. The molecule has 0 saturated heterocycles. The fraction of sp³-hybridized carbons (Fsp3) is 0.857. The molecule has 0 unspecified atom stereocenters. The van der Waals surface area contributed by atoms with E-state index in [2.05, 4.69) is 5.32 Å². The van der Waals surface area contributed by atoms with Crippen molar-refractivity contribution in [3.63, 3.8) is 0 Å². The lowest BCUT2D eigenvalue weighted by Gasteiger charge is -2.26. The van der Waals surface area contributed by atoms with Gasteiger partial charge in [0, 0.05) is 0 Å². The van der Waals surface area contributed by atoms with E-state index in [1.807, 2.05) is 0 Å². The van der Waals surface area contributed by atoms with Crippen LogP contribution in [-0.4, -0.2) is 28.5 Å². The van der Waals surface area contributed by atoms with E-state index in [-0.39, 0.29) is 6.04 Å². The van der Waals surface area contributed by atoms with E-state index in [1.54, 1.807) is 0 Å². The quantitative estimate of drug-likeness (QED) is 0.523. The van der Waals surface area contributed by atoms with Crippen LogP contribution in [0.25, 0.3) is 0 Å². The lowest BCUT2D eigenvalue weighted by molar-refractivity contribution is 0.0881. The molecule has 1 amide bonds. The first-order chi connectivity index (χ1) is 5.20. The van der Waals surface area contributed by atoms with Crippen molar-refractivity contribution < 1.29 is 15.0 Å². The highest BCUT2D eigenvalue weighted by Crippen LogP contribution is 2.17. The van der Waals surface area contributed by atoms with Crippen LogP contribution in [0, 0.1) is 0 Å². The molecule has 11 heavy (non-hydrogen) atoms. The summed E-state index contributed by atoms with van der Waals surface area (Å²) >= 11 is 0. The van der Waals surface area contributed by atoms with Gasteiger partial charge in [0.05, 0.1) is 12.1 Å². The number of rotatable bonds is 1. The molecule has 4 heteroatoms. The van der Waals surface area contributed by atoms with Gasteiger partial charge in [-0.15, -0.1) is 0 Å². The van der Waals surface area contributed by atoms with Gasteiger partial charge in [-0.3, -0.25) is 0 Å². The monoisotopic (exact) mass is 159 g/mol. The molecule has 1 rings (SSSR count). The normalized spacial score (nSPS) is 31.4. The lowest BCUT2D eigenvalue weighted by Crippen LogP contribution is -2.44. The summed E-state index contributed by atoms with van der Waals surface area (Å²) in [5.74, 6) is 0. The van der Waals surface area contributed by atoms with Gasteiger partial charge in [-0.2, -0.15) is 0 Å². The second-order valence-corrected chi connectivity index (χ2v) is 2.91. The largest absolute Gasteiger partial charge is 0.465 e. The maximum Gasteiger partial charge on any atom is 0.404 e. The molecule has 0 radical (unpaired) electrons. The number of hydrogen-bond acceptors (Lipinski definition) is 2. The molecular weight excluding hydrogens is 146 g/mol. The minimum absolute atomic E-state index is 0.249. The van der Waals surface area contributed by atoms with Crippen molar-refractivity contribution in [2.75, 3.05) is 0 Å². The minimum atomic E-state index is -1.05. The summed E-state index contributed by atoms with van der Waals surface area (Å²) in [5, 5.41) is 20.0. The molecule has 0 aromatic carbocycles. The number of carboxylic acid groups (broad SMARTS) is 1. The van der Waals surface area contributed by atoms with Crippen molar-refractivity contribution >= 4 is 6.09 Å². The number of aliphatic hydroxyl groups excluding tert-OH is 1. The van der Waals surface area contributed by atoms with Gasteiger partial charge in [0.15, 0.2) is 0 Å². The van der Waals surface area contributed by atoms with Crippen LogP contribution in [0.1, 0.15) is 25.7 Å². The number of aliphatic hydroxyl groups is 1. The number of hydrogen-bond donors (Lipinski definition) is 3.